The van der Waals surface area contributed by atoms with E-state index in [0.29, 0.717) is 19.6 Å². The van der Waals surface area contributed by atoms with Gasteiger partial charge in [-0.2, -0.15) is 0 Å². The number of hydrogen-bond donors (Lipinski definition) is 2. The molecule has 2 fully saturated rings. The highest BCUT2D eigenvalue weighted by Gasteiger charge is 2.26. The van der Waals surface area contributed by atoms with Gasteiger partial charge in [-0.25, -0.2) is 0 Å². The molecule has 1 aromatic carbocycles. The summed E-state index contributed by atoms with van der Waals surface area (Å²) in [5, 5.41) is 6.48. The van der Waals surface area contributed by atoms with Gasteiger partial charge in [-0.15, -0.1) is 24.8 Å². The van der Waals surface area contributed by atoms with Crippen molar-refractivity contribution in [3.8, 4) is 5.75 Å². The molecule has 0 saturated carbocycles. The van der Waals surface area contributed by atoms with Crippen LogP contribution >= 0.6 is 24.8 Å². The molecule has 0 radical (unpaired) electrons. The number of carbonyl (C=O) groups is 1. The topological polar surface area (TPSA) is 62.8 Å². The molecule has 2 atom stereocenters. The Bertz CT molecular complexity index is 580. The summed E-state index contributed by atoms with van der Waals surface area (Å²) in [5.74, 6) is 0.963. The van der Waals surface area contributed by atoms with Crippen molar-refractivity contribution < 1.29 is 14.3 Å². The van der Waals surface area contributed by atoms with Crippen molar-refractivity contribution in [1.82, 2.24) is 15.5 Å². The standard InChI is InChI=1S/C20H31N3O3.2ClH/c1-25-19-8-4-3-7-17(19)18(23-10-5-2-6-11-23)14-22-20(24)13-16-15-26-12-9-21-16;;/h3-4,7-8,16,18,21H,2,5-6,9-15H2,1H3,(H,22,24);2*1H. The summed E-state index contributed by atoms with van der Waals surface area (Å²) in [7, 11) is 1.71. The summed E-state index contributed by atoms with van der Waals surface area (Å²) < 4.78 is 11.0. The van der Waals surface area contributed by atoms with Gasteiger partial charge in [0, 0.05) is 31.1 Å². The van der Waals surface area contributed by atoms with Crippen LogP contribution in [0.3, 0.4) is 0 Å². The first-order valence-electron chi connectivity index (χ1n) is 9.72. The Hall–Kier alpha value is -1.05. The lowest BCUT2D eigenvalue weighted by Crippen LogP contribution is -2.46. The molecule has 2 aliphatic rings. The SMILES string of the molecule is COc1ccccc1C(CNC(=O)CC1COCCN1)N1CCCCC1.Cl.Cl. The lowest BCUT2D eigenvalue weighted by molar-refractivity contribution is -0.122. The molecule has 2 saturated heterocycles. The number of amides is 1. The van der Waals surface area contributed by atoms with Crippen LogP contribution in [-0.4, -0.2) is 63.4 Å². The highest BCUT2D eigenvalue weighted by molar-refractivity contribution is 5.85. The van der Waals surface area contributed by atoms with Gasteiger partial charge in [-0.3, -0.25) is 9.69 Å². The summed E-state index contributed by atoms with van der Waals surface area (Å²) in [6.45, 7) is 4.88. The molecule has 3 rings (SSSR count). The maximum absolute atomic E-state index is 12.4. The third kappa shape index (κ3) is 7.08. The Morgan fingerprint density at radius 1 is 1.29 bits per heavy atom. The molecule has 160 valence electrons. The molecule has 0 aromatic heterocycles. The summed E-state index contributed by atoms with van der Waals surface area (Å²) in [6, 6.07) is 8.40. The van der Waals surface area contributed by atoms with Crippen molar-refractivity contribution >= 4 is 30.7 Å². The quantitative estimate of drug-likeness (QED) is 0.691. The molecule has 1 aromatic rings. The molecule has 6 nitrogen and oxygen atoms in total. The van der Waals surface area contributed by atoms with Crippen LogP contribution in [0.15, 0.2) is 24.3 Å². The number of piperidine rings is 1. The predicted octanol–water partition coefficient (Wildman–Crippen LogP) is 2.56. The van der Waals surface area contributed by atoms with E-state index in [1.165, 1.54) is 19.3 Å². The van der Waals surface area contributed by atoms with E-state index in [0.717, 1.165) is 37.6 Å². The Morgan fingerprint density at radius 3 is 2.71 bits per heavy atom. The van der Waals surface area contributed by atoms with Gasteiger partial charge in [0.2, 0.25) is 5.91 Å². The van der Waals surface area contributed by atoms with Gasteiger partial charge in [-0.1, -0.05) is 24.6 Å². The van der Waals surface area contributed by atoms with E-state index in [1.807, 2.05) is 18.2 Å². The molecule has 0 spiro atoms. The van der Waals surface area contributed by atoms with Crippen LogP contribution in [0.5, 0.6) is 5.75 Å². The van der Waals surface area contributed by atoms with Gasteiger partial charge in [-0.05, 0) is 32.0 Å². The zero-order valence-electron chi connectivity index (χ0n) is 16.5. The van der Waals surface area contributed by atoms with Crippen molar-refractivity contribution in [2.45, 2.75) is 37.8 Å². The molecule has 2 unspecified atom stereocenters. The molecule has 0 bridgehead atoms. The molecular formula is C20H33Cl2N3O3. The molecule has 0 aliphatic carbocycles. The fourth-order valence-electron chi connectivity index (χ4n) is 3.86. The molecule has 2 N–H and O–H groups in total. The highest BCUT2D eigenvalue weighted by Crippen LogP contribution is 2.30. The number of likely N-dealkylation sites (tertiary alicyclic amines) is 1. The van der Waals surface area contributed by atoms with E-state index < -0.39 is 0 Å². The number of methoxy groups -OCH3 is 1. The third-order valence-corrected chi connectivity index (χ3v) is 5.25. The van der Waals surface area contributed by atoms with Crippen molar-refractivity contribution in [2.75, 3.05) is 46.5 Å². The number of benzene rings is 1. The number of ether oxygens (including phenoxy) is 2. The smallest absolute Gasteiger partial charge is 0.221 e. The first kappa shape index (κ1) is 25.0. The first-order chi connectivity index (χ1) is 12.8. The molecule has 1 amide bonds. The Kier molecular flexibility index (Phi) is 11.8. The van der Waals surface area contributed by atoms with E-state index >= 15 is 0 Å². The van der Waals surface area contributed by atoms with E-state index in [9.17, 15) is 4.79 Å². The summed E-state index contributed by atoms with van der Waals surface area (Å²) >= 11 is 0. The number of nitrogens with zero attached hydrogens (tertiary/aromatic N) is 1. The van der Waals surface area contributed by atoms with Crippen LogP contribution in [0.1, 0.15) is 37.3 Å². The monoisotopic (exact) mass is 433 g/mol. The van der Waals surface area contributed by atoms with Gasteiger partial charge >= 0.3 is 0 Å². The van der Waals surface area contributed by atoms with Crippen LogP contribution in [-0.2, 0) is 9.53 Å². The van der Waals surface area contributed by atoms with E-state index in [-0.39, 0.29) is 42.8 Å². The predicted molar refractivity (Wildman–Crippen MR) is 116 cm³/mol. The lowest BCUT2D eigenvalue weighted by Gasteiger charge is -2.35. The molecule has 2 aliphatic heterocycles. The average Bonchev–Trinajstić information content (AvgIpc) is 2.70. The van der Waals surface area contributed by atoms with Crippen molar-refractivity contribution in [3.63, 3.8) is 0 Å². The van der Waals surface area contributed by atoms with Crippen LogP contribution in [0, 0.1) is 0 Å². The third-order valence-electron chi connectivity index (χ3n) is 5.25. The Balaban J connectivity index is 0.00000196. The number of nitrogens with one attached hydrogen (secondary N) is 2. The maximum Gasteiger partial charge on any atom is 0.221 e. The van der Waals surface area contributed by atoms with Gasteiger partial charge in [0.15, 0.2) is 0 Å². The maximum atomic E-state index is 12.4. The number of rotatable bonds is 7. The molecule has 8 heteroatoms. The minimum absolute atomic E-state index is 0. The average molecular weight is 434 g/mol. The lowest BCUT2D eigenvalue weighted by atomic mass is 10.0. The van der Waals surface area contributed by atoms with Crippen molar-refractivity contribution in [3.05, 3.63) is 29.8 Å². The van der Waals surface area contributed by atoms with Gasteiger partial charge in [0.05, 0.1) is 26.4 Å². The number of hydrogen-bond acceptors (Lipinski definition) is 5. The fraction of sp³-hybridized carbons (Fsp3) is 0.650. The fourth-order valence-corrected chi connectivity index (χ4v) is 3.86. The van der Waals surface area contributed by atoms with Crippen molar-refractivity contribution in [2.24, 2.45) is 0 Å². The second-order valence-electron chi connectivity index (χ2n) is 7.09. The van der Waals surface area contributed by atoms with Gasteiger partial charge in [0.1, 0.15) is 5.75 Å². The van der Waals surface area contributed by atoms with E-state index in [1.54, 1.807) is 7.11 Å². The minimum Gasteiger partial charge on any atom is -0.496 e. The minimum atomic E-state index is 0. The first-order valence-corrected chi connectivity index (χ1v) is 9.72. The van der Waals surface area contributed by atoms with Crippen LogP contribution in [0.2, 0.25) is 0 Å². The number of morpholine rings is 1. The van der Waals surface area contributed by atoms with Crippen LogP contribution in [0.25, 0.3) is 0 Å². The molecule has 28 heavy (non-hydrogen) atoms. The Morgan fingerprint density at radius 2 is 2.04 bits per heavy atom. The normalized spacial score (nSPS) is 21.0. The molecular weight excluding hydrogens is 401 g/mol. The van der Waals surface area contributed by atoms with Gasteiger partial charge in [0.25, 0.3) is 0 Å². The van der Waals surface area contributed by atoms with Crippen molar-refractivity contribution in [1.29, 1.82) is 0 Å². The number of para-hydroxylation sites is 1. The van der Waals surface area contributed by atoms with Crippen LogP contribution in [0.4, 0.5) is 0 Å². The zero-order valence-corrected chi connectivity index (χ0v) is 18.2. The van der Waals surface area contributed by atoms with Gasteiger partial charge < -0.3 is 20.1 Å². The van der Waals surface area contributed by atoms with Crippen LogP contribution < -0.4 is 15.4 Å². The highest BCUT2D eigenvalue weighted by atomic mass is 35.5. The number of halogens is 2. The summed E-state index contributed by atoms with van der Waals surface area (Å²) in [5.41, 5.74) is 1.15. The van der Waals surface area contributed by atoms with E-state index in [4.69, 9.17) is 9.47 Å². The zero-order chi connectivity index (χ0) is 18.2. The Labute approximate surface area is 180 Å². The van der Waals surface area contributed by atoms with E-state index in [2.05, 4.69) is 21.6 Å². The summed E-state index contributed by atoms with van der Waals surface area (Å²) in [6.07, 6.45) is 4.17. The number of carbonyl (C=O) groups excluding carboxylic acids is 1. The second kappa shape index (κ2) is 13.2. The largest absolute Gasteiger partial charge is 0.496 e. The summed E-state index contributed by atoms with van der Waals surface area (Å²) in [4.78, 5) is 14.9. The second-order valence-corrected chi connectivity index (χ2v) is 7.09. The molecule has 2 heterocycles.